The SMILES string of the molecule is COc1ccc2c(c1)CCC(C1CCC(O)C1(C)CC(=O)O)C2. The maximum absolute atomic E-state index is 11.3. The van der Waals surface area contributed by atoms with Gasteiger partial charge in [-0.3, -0.25) is 4.79 Å². The molecule has 0 bridgehead atoms. The fourth-order valence-corrected chi connectivity index (χ4v) is 4.82. The number of fused-ring (bicyclic) bond motifs is 1. The number of aryl methyl sites for hydroxylation is 1. The van der Waals surface area contributed by atoms with Crippen LogP contribution in [0, 0.1) is 17.3 Å². The molecule has 0 spiro atoms. The number of rotatable bonds is 4. The van der Waals surface area contributed by atoms with Crippen LogP contribution in [0.15, 0.2) is 18.2 Å². The zero-order chi connectivity index (χ0) is 16.6. The van der Waals surface area contributed by atoms with E-state index >= 15 is 0 Å². The Bertz CT molecular complexity index is 597. The van der Waals surface area contributed by atoms with Gasteiger partial charge >= 0.3 is 5.97 Å². The fraction of sp³-hybridized carbons (Fsp3) is 0.632. The largest absolute Gasteiger partial charge is 0.497 e. The van der Waals surface area contributed by atoms with Crippen molar-refractivity contribution in [2.45, 2.75) is 51.6 Å². The molecule has 2 aliphatic rings. The number of hydrogen-bond donors (Lipinski definition) is 2. The van der Waals surface area contributed by atoms with Gasteiger partial charge in [-0.15, -0.1) is 0 Å². The lowest BCUT2D eigenvalue weighted by molar-refractivity contribution is -0.142. The molecule has 4 nitrogen and oxygen atoms in total. The molecule has 2 N–H and O–H groups in total. The van der Waals surface area contributed by atoms with E-state index in [0.29, 0.717) is 5.92 Å². The number of aliphatic hydroxyl groups is 1. The topological polar surface area (TPSA) is 66.8 Å². The molecule has 0 amide bonds. The Kier molecular flexibility index (Phi) is 4.37. The van der Waals surface area contributed by atoms with Gasteiger partial charge in [0, 0.05) is 5.41 Å². The molecule has 0 saturated heterocycles. The van der Waals surface area contributed by atoms with Crippen LogP contribution >= 0.6 is 0 Å². The second-order valence-electron chi connectivity index (χ2n) is 7.41. The number of carboxylic acids is 1. The van der Waals surface area contributed by atoms with Crippen molar-refractivity contribution in [1.29, 1.82) is 0 Å². The summed E-state index contributed by atoms with van der Waals surface area (Å²) in [7, 11) is 1.69. The molecule has 0 radical (unpaired) electrons. The summed E-state index contributed by atoms with van der Waals surface area (Å²) >= 11 is 0. The summed E-state index contributed by atoms with van der Waals surface area (Å²) in [6.07, 6.45) is 4.26. The molecule has 1 aromatic carbocycles. The quantitative estimate of drug-likeness (QED) is 0.895. The zero-order valence-corrected chi connectivity index (χ0v) is 13.9. The highest BCUT2D eigenvalue weighted by atomic mass is 16.5. The molecule has 126 valence electrons. The predicted octanol–water partition coefficient (Wildman–Crippen LogP) is 3.05. The monoisotopic (exact) mass is 318 g/mol. The molecule has 2 aliphatic carbocycles. The summed E-state index contributed by atoms with van der Waals surface area (Å²) in [4.78, 5) is 11.3. The van der Waals surface area contributed by atoms with E-state index in [4.69, 9.17) is 4.74 Å². The van der Waals surface area contributed by atoms with Gasteiger partial charge < -0.3 is 14.9 Å². The third-order valence-electron chi connectivity index (χ3n) is 6.14. The number of hydrogen-bond acceptors (Lipinski definition) is 3. The Morgan fingerprint density at radius 1 is 1.30 bits per heavy atom. The molecular weight excluding hydrogens is 292 g/mol. The first-order chi connectivity index (χ1) is 10.9. The summed E-state index contributed by atoms with van der Waals surface area (Å²) in [5.74, 6) is 0.829. The van der Waals surface area contributed by atoms with Gasteiger partial charge in [0.15, 0.2) is 0 Å². The van der Waals surface area contributed by atoms with Gasteiger partial charge in [0.05, 0.1) is 19.6 Å². The number of carboxylic acid groups (broad SMARTS) is 1. The lowest BCUT2D eigenvalue weighted by Crippen LogP contribution is -2.39. The molecule has 0 heterocycles. The second kappa shape index (κ2) is 6.16. The number of ether oxygens (including phenoxy) is 1. The van der Waals surface area contributed by atoms with Crippen molar-refractivity contribution < 1.29 is 19.7 Å². The van der Waals surface area contributed by atoms with Crippen molar-refractivity contribution in [3.8, 4) is 5.75 Å². The summed E-state index contributed by atoms with van der Waals surface area (Å²) in [6, 6.07) is 6.26. The first-order valence-corrected chi connectivity index (χ1v) is 8.49. The molecule has 1 aromatic rings. The second-order valence-corrected chi connectivity index (χ2v) is 7.41. The van der Waals surface area contributed by atoms with Gasteiger partial charge in [0.1, 0.15) is 5.75 Å². The van der Waals surface area contributed by atoms with Crippen molar-refractivity contribution in [3.05, 3.63) is 29.3 Å². The maximum Gasteiger partial charge on any atom is 0.304 e. The summed E-state index contributed by atoms with van der Waals surface area (Å²) in [5, 5.41) is 19.6. The van der Waals surface area contributed by atoms with Crippen LogP contribution in [-0.4, -0.2) is 29.4 Å². The third kappa shape index (κ3) is 2.97. The van der Waals surface area contributed by atoms with Gasteiger partial charge in [0.2, 0.25) is 0 Å². The zero-order valence-electron chi connectivity index (χ0n) is 13.9. The van der Waals surface area contributed by atoms with Crippen molar-refractivity contribution >= 4 is 5.97 Å². The van der Waals surface area contributed by atoms with Crippen LogP contribution in [0.4, 0.5) is 0 Å². The Hall–Kier alpha value is -1.55. The summed E-state index contributed by atoms with van der Waals surface area (Å²) < 4.78 is 5.30. The number of benzene rings is 1. The molecule has 23 heavy (non-hydrogen) atoms. The first kappa shape index (κ1) is 16.3. The molecule has 0 aliphatic heterocycles. The van der Waals surface area contributed by atoms with Gasteiger partial charge in [-0.25, -0.2) is 0 Å². The van der Waals surface area contributed by atoms with E-state index < -0.39 is 17.5 Å². The van der Waals surface area contributed by atoms with Crippen LogP contribution in [0.1, 0.15) is 43.7 Å². The average Bonchev–Trinajstić information content (AvgIpc) is 2.80. The molecule has 3 rings (SSSR count). The van der Waals surface area contributed by atoms with Crippen molar-refractivity contribution in [2.75, 3.05) is 7.11 Å². The Morgan fingerprint density at radius 2 is 2.09 bits per heavy atom. The van der Waals surface area contributed by atoms with E-state index in [0.717, 1.165) is 37.9 Å². The molecule has 1 fully saturated rings. The number of carbonyl (C=O) groups is 1. The Labute approximate surface area is 137 Å². The molecule has 4 atom stereocenters. The molecule has 0 aromatic heterocycles. The van der Waals surface area contributed by atoms with E-state index in [9.17, 15) is 15.0 Å². The first-order valence-electron chi connectivity index (χ1n) is 8.49. The Morgan fingerprint density at radius 3 is 2.78 bits per heavy atom. The van der Waals surface area contributed by atoms with Crippen LogP contribution < -0.4 is 4.74 Å². The van der Waals surface area contributed by atoms with E-state index in [-0.39, 0.29) is 12.3 Å². The fourth-order valence-electron chi connectivity index (χ4n) is 4.82. The van der Waals surface area contributed by atoms with Crippen LogP contribution in [0.5, 0.6) is 5.75 Å². The standard InChI is InChI=1S/C19H26O4/c1-19(11-18(21)22)16(7-8-17(19)20)14-4-3-13-10-15(23-2)6-5-12(13)9-14/h5-6,10,14,16-17,20H,3-4,7-9,11H2,1-2H3,(H,21,22). The van der Waals surface area contributed by atoms with Gasteiger partial charge in [-0.1, -0.05) is 13.0 Å². The van der Waals surface area contributed by atoms with E-state index in [1.807, 2.05) is 13.0 Å². The van der Waals surface area contributed by atoms with Gasteiger partial charge in [-0.05, 0) is 67.2 Å². The molecule has 1 saturated carbocycles. The van der Waals surface area contributed by atoms with E-state index in [1.54, 1.807) is 7.11 Å². The highest BCUT2D eigenvalue weighted by molar-refractivity contribution is 5.68. The minimum Gasteiger partial charge on any atom is -0.497 e. The smallest absolute Gasteiger partial charge is 0.304 e. The maximum atomic E-state index is 11.3. The van der Waals surface area contributed by atoms with Crippen LogP contribution in [0.2, 0.25) is 0 Å². The van der Waals surface area contributed by atoms with Crippen LogP contribution in [0.3, 0.4) is 0 Å². The summed E-state index contributed by atoms with van der Waals surface area (Å²) in [6.45, 7) is 1.97. The van der Waals surface area contributed by atoms with E-state index in [1.165, 1.54) is 11.1 Å². The van der Waals surface area contributed by atoms with Crippen LogP contribution in [-0.2, 0) is 17.6 Å². The lowest BCUT2D eigenvalue weighted by atomic mass is 9.65. The molecular formula is C19H26O4. The van der Waals surface area contributed by atoms with Crippen molar-refractivity contribution in [2.24, 2.45) is 17.3 Å². The number of methoxy groups -OCH3 is 1. The highest BCUT2D eigenvalue weighted by Gasteiger charge is 2.50. The third-order valence-corrected chi connectivity index (χ3v) is 6.14. The minimum atomic E-state index is -0.806. The minimum absolute atomic E-state index is 0.0603. The van der Waals surface area contributed by atoms with Crippen molar-refractivity contribution in [3.63, 3.8) is 0 Å². The van der Waals surface area contributed by atoms with E-state index in [2.05, 4.69) is 12.1 Å². The van der Waals surface area contributed by atoms with Gasteiger partial charge in [-0.2, -0.15) is 0 Å². The lowest BCUT2D eigenvalue weighted by Gasteiger charge is -2.40. The predicted molar refractivity (Wildman–Crippen MR) is 87.6 cm³/mol. The number of aliphatic carboxylic acids is 1. The van der Waals surface area contributed by atoms with Crippen LogP contribution in [0.25, 0.3) is 0 Å². The molecule has 4 heteroatoms. The average molecular weight is 318 g/mol. The Balaban J connectivity index is 1.81. The normalized spacial score (nSPS) is 33.3. The number of aliphatic hydroxyl groups excluding tert-OH is 1. The van der Waals surface area contributed by atoms with Gasteiger partial charge in [0.25, 0.3) is 0 Å². The highest BCUT2D eigenvalue weighted by Crippen LogP contribution is 2.52. The van der Waals surface area contributed by atoms with Crippen molar-refractivity contribution in [1.82, 2.24) is 0 Å². The summed E-state index contributed by atoms with van der Waals surface area (Å²) in [5.41, 5.74) is 2.20. The molecule has 4 unspecified atom stereocenters.